The molecule has 0 aliphatic carbocycles. The second-order valence-corrected chi connectivity index (χ2v) is 4.46. The van der Waals surface area contributed by atoms with Crippen LogP contribution in [0.5, 0.6) is 0 Å². The maximum atomic E-state index is 11.9. The molecule has 98 valence electrons. The van der Waals surface area contributed by atoms with Crippen molar-refractivity contribution in [3.05, 3.63) is 58.4 Å². The highest BCUT2D eigenvalue weighted by Gasteiger charge is 2.10. The van der Waals surface area contributed by atoms with Gasteiger partial charge in [-0.1, -0.05) is 23.7 Å². The summed E-state index contributed by atoms with van der Waals surface area (Å²) in [5.74, 6) is -0.452. The molecule has 19 heavy (non-hydrogen) atoms. The van der Waals surface area contributed by atoms with Crippen LogP contribution >= 0.6 is 11.6 Å². The van der Waals surface area contributed by atoms with Crippen LogP contribution < -0.4 is 0 Å². The Labute approximate surface area is 115 Å². The molecule has 0 amide bonds. The van der Waals surface area contributed by atoms with Gasteiger partial charge >= 0.3 is 5.97 Å². The number of benzene rings is 1. The third-order valence-electron chi connectivity index (χ3n) is 2.69. The van der Waals surface area contributed by atoms with Gasteiger partial charge in [0, 0.05) is 12.6 Å². The van der Waals surface area contributed by atoms with Gasteiger partial charge in [-0.15, -0.1) is 0 Å². The molecule has 1 heterocycles. The summed E-state index contributed by atoms with van der Waals surface area (Å²) in [5.41, 5.74) is 1.76. The fourth-order valence-corrected chi connectivity index (χ4v) is 1.85. The molecule has 2 rings (SSSR count). The Balaban J connectivity index is 2.07. The van der Waals surface area contributed by atoms with Crippen LogP contribution in [0, 0.1) is 0 Å². The minimum absolute atomic E-state index is 0.0577. The molecule has 1 aromatic carbocycles. The van der Waals surface area contributed by atoms with Crippen LogP contribution in [0.2, 0.25) is 5.02 Å². The van der Waals surface area contributed by atoms with Crippen molar-refractivity contribution in [3.63, 3.8) is 0 Å². The number of carbonyl (C=O) groups is 2. The van der Waals surface area contributed by atoms with E-state index in [4.69, 9.17) is 11.6 Å². The van der Waals surface area contributed by atoms with Gasteiger partial charge in [0.25, 0.3) is 0 Å². The third kappa shape index (κ3) is 3.23. The Bertz CT molecular complexity index is 601. The van der Waals surface area contributed by atoms with Crippen LogP contribution in [0.4, 0.5) is 0 Å². The van der Waals surface area contributed by atoms with E-state index in [0.29, 0.717) is 16.3 Å². The summed E-state index contributed by atoms with van der Waals surface area (Å²) < 4.78 is 4.60. The van der Waals surface area contributed by atoms with E-state index in [1.54, 1.807) is 36.5 Å². The average Bonchev–Trinajstić information content (AvgIpc) is 2.85. The van der Waals surface area contributed by atoms with Gasteiger partial charge in [-0.25, -0.2) is 4.79 Å². The summed E-state index contributed by atoms with van der Waals surface area (Å²) in [7, 11) is 1.33. The van der Waals surface area contributed by atoms with Crippen LogP contribution in [-0.4, -0.2) is 23.8 Å². The van der Waals surface area contributed by atoms with E-state index >= 15 is 0 Å². The number of carbonyl (C=O) groups excluding carboxylic acids is 2. The summed E-state index contributed by atoms with van der Waals surface area (Å²) in [6.45, 7) is 0. The quantitative estimate of drug-likeness (QED) is 0.690. The van der Waals surface area contributed by atoms with E-state index < -0.39 is 5.97 Å². The van der Waals surface area contributed by atoms with Crippen molar-refractivity contribution in [2.75, 3.05) is 7.11 Å². The molecule has 0 atom stereocenters. The molecule has 0 aliphatic heterocycles. The number of H-pyrrole nitrogens is 1. The number of Topliss-reactive ketones (excluding diaryl/α,β-unsaturated/α-hetero) is 1. The molecular formula is C14H12ClNO3. The van der Waals surface area contributed by atoms with Gasteiger partial charge in [-0.05, 0) is 23.8 Å². The van der Waals surface area contributed by atoms with Gasteiger partial charge < -0.3 is 9.72 Å². The molecule has 0 fully saturated rings. The summed E-state index contributed by atoms with van der Waals surface area (Å²) in [6.07, 6.45) is 1.81. The maximum Gasteiger partial charge on any atom is 0.337 e. The molecule has 0 radical (unpaired) electrons. The monoisotopic (exact) mass is 277 g/mol. The molecule has 0 saturated carbocycles. The average molecular weight is 278 g/mol. The lowest BCUT2D eigenvalue weighted by Gasteiger charge is -2.02. The second kappa shape index (κ2) is 5.71. The van der Waals surface area contributed by atoms with E-state index in [1.807, 2.05) is 0 Å². The fraction of sp³-hybridized carbons (Fsp3) is 0.143. The van der Waals surface area contributed by atoms with Crippen LogP contribution in [0.25, 0.3) is 0 Å². The Hall–Kier alpha value is -2.07. The zero-order chi connectivity index (χ0) is 13.8. The van der Waals surface area contributed by atoms with Gasteiger partial charge in [0.15, 0.2) is 5.78 Å². The smallest absolute Gasteiger partial charge is 0.337 e. The lowest BCUT2D eigenvalue weighted by atomic mass is 10.1. The first-order chi connectivity index (χ1) is 9.10. The summed E-state index contributed by atoms with van der Waals surface area (Å²) >= 11 is 5.74. The number of rotatable bonds is 4. The van der Waals surface area contributed by atoms with Crippen molar-refractivity contribution >= 4 is 23.4 Å². The molecular weight excluding hydrogens is 266 g/mol. The zero-order valence-corrected chi connectivity index (χ0v) is 11.0. The van der Waals surface area contributed by atoms with Crippen molar-refractivity contribution < 1.29 is 14.3 Å². The zero-order valence-electron chi connectivity index (χ0n) is 10.3. The van der Waals surface area contributed by atoms with Crippen LogP contribution in [0.1, 0.15) is 26.4 Å². The Morgan fingerprint density at radius 3 is 2.47 bits per heavy atom. The van der Waals surface area contributed by atoms with Crippen molar-refractivity contribution in [3.8, 4) is 0 Å². The number of methoxy groups -OCH3 is 1. The third-order valence-corrected chi connectivity index (χ3v) is 2.91. The van der Waals surface area contributed by atoms with Gasteiger partial charge in [-0.3, -0.25) is 4.79 Å². The van der Waals surface area contributed by atoms with Crippen molar-refractivity contribution in [1.29, 1.82) is 0 Å². The maximum absolute atomic E-state index is 11.9. The Kier molecular flexibility index (Phi) is 4.02. The summed E-state index contributed by atoms with van der Waals surface area (Å²) in [6, 6.07) is 8.32. The number of ketones is 1. The fourth-order valence-electron chi connectivity index (χ4n) is 1.69. The highest BCUT2D eigenvalue weighted by molar-refractivity contribution is 6.31. The molecule has 2 aromatic rings. The molecule has 0 spiro atoms. The molecule has 1 aromatic heterocycles. The lowest BCUT2D eigenvalue weighted by Crippen LogP contribution is -2.05. The van der Waals surface area contributed by atoms with E-state index in [0.717, 1.165) is 5.56 Å². The number of ether oxygens (including phenoxy) is 1. The molecule has 0 saturated heterocycles. The van der Waals surface area contributed by atoms with Crippen LogP contribution in [0.15, 0.2) is 36.5 Å². The van der Waals surface area contributed by atoms with Gasteiger partial charge in [0.2, 0.25) is 0 Å². The number of hydrogen-bond donors (Lipinski definition) is 1. The van der Waals surface area contributed by atoms with E-state index in [2.05, 4.69) is 9.72 Å². The number of nitrogens with one attached hydrogen (secondary N) is 1. The number of halogens is 1. The number of esters is 1. The van der Waals surface area contributed by atoms with E-state index in [1.165, 1.54) is 7.11 Å². The van der Waals surface area contributed by atoms with Gasteiger partial charge in [-0.2, -0.15) is 0 Å². The molecule has 0 aliphatic rings. The highest BCUT2D eigenvalue weighted by Crippen LogP contribution is 2.13. The van der Waals surface area contributed by atoms with Crippen molar-refractivity contribution in [2.24, 2.45) is 0 Å². The minimum atomic E-state index is -0.394. The number of aromatic nitrogens is 1. The Morgan fingerprint density at radius 1 is 1.26 bits per heavy atom. The predicted molar refractivity (Wildman–Crippen MR) is 71.6 cm³/mol. The first kappa shape index (κ1) is 13.4. The highest BCUT2D eigenvalue weighted by atomic mass is 35.5. The molecule has 5 heteroatoms. The molecule has 4 nitrogen and oxygen atoms in total. The summed E-state index contributed by atoms with van der Waals surface area (Å²) in [4.78, 5) is 26.0. The number of hydrogen-bond acceptors (Lipinski definition) is 3. The molecule has 1 N–H and O–H groups in total. The first-order valence-corrected chi connectivity index (χ1v) is 6.02. The standard InChI is InChI=1S/C14H12ClNO3/c1-19-14(18)10-4-2-9(3-5-10)6-13(17)12-7-11(15)8-16-12/h2-5,7-8,16H,6H2,1H3. The van der Waals surface area contributed by atoms with E-state index in [-0.39, 0.29) is 12.2 Å². The van der Waals surface area contributed by atoms with Crippen molar-refractivity contribution in [1.82, 2.24) is 4.98 Å². The largest absolute Gasteiger partial charge is 0.465 e. The van der Waals surface area contributed by atoms with Crippen LogP contribution in [0.3, 0.4) is 0 Å². The van der Waals surface area contributed by atoms with Gasteiger partial charge in [0.1, 0.15) is 0 Å². The van der Waals surface area contributed by atoms with Crippen molar-refractivity contribution in [2.45, 2.75) is 6.42 Å². The topological polar surface area (TPSA) is 59.2 Å². The number of aromatic amines is 1. The van der Waals surface area contributed by atoms with Crippen LogP contribution in [-0.2, 0) is 11.2 Å². The molecule has 0 unspecified atom stereocenters. The van der Waals surface area contributed by atoms with Gasteiger partial charge in [0.05, 0.1) is 23.4 Å². The van der Waals surface area contributed by atoms with E-state index in [9.17, 15) is 9.59 Å². The first-order valence-electron chi connectivity index (χ1n) is 5.64. The normalized spacial score (nSPS) is 10.2. The Morgan fingerprint density at radius 2 is 1.95 bits per heavy atom. The molecule has 0 bridgehead atoms. The SMILES string of the molecule is COC(=O)c1ccc(CC(=O)c2cc(Cl)c[nH]2)cc1. The second-order valence-electron chi connectivity index (χ2n) is 4.02. The summed E-state index contributed by atoms with van der Waals surface area (Å²) in [5, 5.41) is 0.504. The lowest BCUT2D eigenvalue weighted by molar-refractivity contribution is 0.0600. The predicted octanol–water partition coefficient (Wildman–Crippen LogP) is 2.88. The minimum Gasteiger partial charge on any atom is -0.465 e.